The number of carbonyl (C=O) groups excluding carboxylic acids is 2. The van der Waals surface area contributed by atoms with E-state index in [1.807, 2.05) is 0 Å². The molecule has 0 aliphatic carbocycles. The van der Waals surface area contributed by atoms with Crippen molar-refractivity contribution in [3.05, 3.63) is 30.1 Å². The predicted octanol–water partition coefficient (Wildman–Crippen LogP) is 0.485. The number of hydrogen-bond acceptors (Lipinski definition) is 5. The number of piperidine rings is 1. The van der Waals surface area contributed by atoms with Gasteiger partial charge in [0.05, 0.1) is 5.75 Å². The van der Waals surface area contributed by atoms with Gasteiger partial charge in [0.15, 0.2) is 9.84 Å². The molecule has 7 nitrogen and oxygen atoms in total. The molecule has 0 atom stereocenters. The fourth-order valence-electron chi connectivity index (χ4n) is 2.61. The summed E-state index contributed by atoms with van der Waals surface area (Å²) in [6.07, 6.45) is 2.73. The van der Waals surface area contributed by atoms with Crippen LogP contribution < -0.4 is 5.32 Å². The summed E-state index contributed by atoms with van der Waals surface area (Å²) in [5.74, 6) is -0.389. The van der Waals surface area contributed by atoms with Gasteiger partial charge in [0.1, 0.15) is 5.69 Å². The predicted molar refractivity (Wildman–Crippen MR) is 90.2 cm³/mol. The smallest absolute Gasteiger partial charge is 0.272 e. The standard InChI is InChI=1S/C16H23N3O4S/c1-2-24(22,23)12-9-18-15(20)13-6-10-19(11-7-13)16(21)14-5-3-4-8-17-14/h3-5,8,13H,2,6-7,9-12H2,1H3,(H,18,20). The van der Waals surface area contributed by atoms with Crippen LogP contribution in [0.2, 0.25) is 0 Å². The fourth-order valence-corrected chi connectivity index (χ4v) is 3.32. The van der Waals surface area contributed by atoms with E-state index in [4.69, 9.17) is 0 Å². The number of sulfone groups is 1. The zero-order valence-electron chi connectivity index (χ0n) is 13.8. The zero-order chi connectivity index (χ0) is 17.6. The average Bonchev–Trinajstić information content (AvgIpc) is 2.61. The van der Waals surface area contributed by atoms with E-state index in [2.05, 4.69) is 10.3 Å². The highest BCUT2D eigenvalue weighted by Crippen LogP contribution is 2.18. The van der Waals surface area contributed by atoms with Gasteiger partial charge < -0.3 is 10.2 Å². The molecule has 2 heterocycles. The SMILES string of the molecule is CCS(=O)(=O)CCNC(=O)C1CCN(C(=O)c2ccccn2)CC1. The van der Waals surface area contributed by atoms with Crippen molar-refractivity contribution in [3.8, 4) is 0 Å². The van der Waals surface area contributed by atoms with Crippen molar-refractivity contribution in [1.29, 1.82) is 0 Å². The number of rotatable bonds is 6. The Balaban J connectivity index is 1.78. The Morgan fingerprint density at radius 1 is 1.29 bits per heavy atom. The van der Waals surface area contributed by atoms with E-state index in [-0.39, 0.29) is 35.8 Å². The lowest BCUT2D eigenvalue weighted by molar-refractivity contribution is -0.126. The number of nitrogens with zero attached hydrogens (tertiary/aromatic N) is 2. The lowest BCUT2D eigenvalue weighted by atomic mass is 9.95. The van der Waals surface area contributed by atoms with Crippen molar-refractivity contribution in [2.24, 2.45) is 5.92 Å². The van der Waals surface area contributed by atoms with E-state index in [1.54, 1.807) is 36.2 Å². The summed E-state index contributed by atoms with van der Waals surface area (Å²) in [6, 6.07) is 5.20. The van der Waals surface area contributed by atoms with Gasteiger partial charge in [-0.05, 0) is 25.0 Å². The molecular formula is C16H23N3O4S. The minimum atomic E-state index is -3.07. The minimum Gasteiger partial charge on any atom is -0.355 e. The second kappa shape index (κ2) is 8.23. The van der Waals surface area contributed by atoms with E-state index < -0.39 is 9.84 Å². The third-order valence-electron chi connectivity index (χ3n) is 4.19. The lowest BCUT2D eigenvalue weighted by Gasteiger charge is -2.31. The Kier molecular flexibility index (Phi) is 6.30. The Morgan fingerprint density at radius 2 is 2.00 bits per heavy atom. The topological polar surface area (TPSA) is 96.4 Å². The van der Waals surface area contributed by atoms with Crippen LogP contribution in [0.4, 0.5) is 0 Å². The molecule has 2 rings (SSSR count). The average molecular weight is 353 g/mol. The maximum Gasteiger partial charge on any atom is 0.272 e. The van der Waals surface area contributed by atoms with Crippen LogP contribution in [0.5, 0.6) is 0 Å². The maximum atomic E-state index is 12.3. The van der Waals surface area contributed by atoms with Gasteiger partial charge >= 0.3 is 0 Å². The third-order valence-corrected chi connectivity index (χ3v) is 5.89. The number of amides is 2. The first-order valence-electron chi connectivity index (χ1n) is 8.11. The molecule has 8 heteroatoms. The van der Waals surface area contributed by atoms with Crippen molar-refractivity contribution in [2.45, 2.75) is 19.8 Å². The number of aromatic nitrogens is 1. The molecule has 0 spiro atoms. The first-order chi connectivity index (χ1) is 11.4. The van der Waals surface area contributed by atoms with Crippen molar-refractivity contribution in [2.75, 3.05) is 31.1 Å². The molecule has 2 amide bonds. The van der Waals surface area contributed by atoms with Gasteiger partial charge in [0.25, 0.3) is 5.91 Å². The second-order valence-corrected chi connectivity index (χ2v) is 8.28. The summed E-state index contributed by atoms with van der Waals surface area (Å²) in [4.78, 5) is 30.1. The van der Waals surface area contributed by atoms with Crippen LogP contribution in [-0.2, 0) is 14.6 Å². The molecule has 0 unspecified atom stereocenters. The Hall–Kier alpha value is -1.96. The first kappa shape index (κ1) is 18.4. The lowest BCUT2D eigenvalue weighted by Crippen LogP contribution is -2.43. The maximum absolute atomic E-state index is 12.3. The molecule has 1 aliphatic heterocycles. The number of hydrogen-bond donors (Lipinski definition) is 1. The molecule has 1 aromatic rings. The van der Waals surface area contributed by atoms with Crippen LogP contribution in [0.3, 0.4) is 0 Å². The molecular weight excluding hydrogens is 330 g/mol. The first-order valence-corrected chi connectivity index (χ1v) is 9.93. The summed E-state index contributed by atoms with van der Waals surface area (Å²) >= 11 is 0. The van der Waals surface area contributed by atoms with Crippen LogP contribution in [0.15, 0.2) is 24.4 Å². The number of carbonyl (C=O) groups is 2. The van der Waals surface area contributed by atoms with Crippen molar-refractivity contribution in [1.82, 2.24) is 15.2 Å². The van der Waals surface area contributed by atoms with Crippen LogP contribution >= 0.6 is 0 Å². The highest BCUT2D eigenvalue weighted by molar-refractivity contribution is 7.91. The van der Waals surface area contributed by atoms with E-state index in [9.17, 15) is 18.0 Å². The largest absolute Gasteiger partial charge is 0.355 e. The highest BCUT2D eigenvalue weighted by Gasteiger charge is 2.28. The molecule has 1 saturated heterocycles. The van der Waals surface area contributed by atoms with E-state index in [1.165, 1.54) is 0 Å². The molecule has 0 bridgehead atoms. The normalized spacial score (nSPS) is 16.0. The number of pyridine rings is 1. The molecule has 132 valence electrons. The molecule has 1 aliphatic rings. The molecule has 24 heavy (non-hydrogen) atoms. The van der Waals surface area contributed by atoms with Crippen LogP contribution in [0.25, 0.3) is 0 Å². The van der Waals surface area contributed by atoms with Gasteiger partial charge in [-0.2, -0.15) is 0 Å². The minimum absolute atomic E-state index is 0.0355. The van der Waals surface area contributed by atoms with Gasteiger partial charge in [-0.25, -0.2) is 8.42 Å². The van der Waals surface area contributed by atoms with Crippen molar-refractivity contribution >= 4 is 21.7 Å². The van der Waals surface area contributed by atoms with Crippen LogP contribution in [0, 0.1) is 5.92 Å². The monoisotopic (exact) mass is 353 g/mol. The molecule has 1 fully saturated rings. The van der Waals surface area contributed by atoms with E-state index >= 15 is 0 Å². The van der Waals surface area contributed by atoms with E-state index in [0.29, 0.717) is 31.6 Å². The van der Waals surface area contributed by atoms with Gasteiger partial charge in [0.2, 0.25) is 5.91 Å². The summed E-state index contributed by atoms with van der Waals surface area (Å²) in [6.45, 7) is 2.73. The van der Waals surface area contributed by atoms with Crippen LogP contribution in [0.1, 0.15) is 30.3 Å². The third kappa shape index (κ3) is 5.02. The molecule has 1 N–H and O–H groups in total. The van der Waals surface area contributed by atoms with Gasteiger partial charge in [-0.15, -0.1) is 0 Å². The van der Waals surface area contributed by atoms with Gasteiger partial charge in [0, 0.05) is 37.5 Å². The van der Waals surface area contributed by atoms with Crippen LogP contribution in [-0.4, -0.2) is 61.3 Å². The fraction of sp³-hybridized carbons (Fsp3) is 0.562. The number of nitrogens with one attached hydrogen (secondary N) is 1. The molecule has 0 aromatic carbocycles. The quantitative estimate of drug-likeness (QED) is 0.803. The Labute approximate surface area is 142 Å². The van der Waals surface area contributed by atoms with E-state index in [0.717, 1.165) is 0 Å². The second-order valence-electron chi connectivity index (χ2n) is 5.81. The van der Waals surface area contributed by atoms with Crippen molar-refractivity contribution in [3.63, 3.8) is 0 Å². The summed E-state index contributed by atoms with van der Waals surface area (Å²) < 4.78 is 22.8. The molecule has 1 aromatic heterocycles. The van der Waals surface area contributed by atoms with Crippen molar-refractivity contribution < 1.29 is 18.0 Å². The Bertz CT molecular complexity index is 668. The summed E-state index contributed by atoms with van der Waals surface area (Å²) in [7, 11) is -3.07. The zero-order valence-corrected chi connectivity index (χ0v) is 14.6. The molecule has 0 radical (unpaired) electrons. The number of likely N-dealkylation sites (tertiary alicyclic amines) is 1. The Morgan fingerprint density at radius 3 is 2.58 bits per heavy atom. The summed E-state index contributed by atoms with van der Waals surface area (Å²) in [5, 5.41) is 2.68. The molecule has 0 saturated carbocycles. The van der Waals surface area contributed by atoms with Gasteiger partial charge in [-0.1, -0.05) is 13.0 Å². The highest BCUT2D eigenvalue weighted by atomic mass is 32.2. The van der Waals surface area contributed by atoms with Gasteiger partial charge in [-0.3, -0.25) is 14.6 Å². The summed E-state index contributed by atoms with van der Waals surface area (Å²) in [5.41, 5.74) is 0.408.